The Kier molecular flexibility index (Phi) is 2.80. The number of carbonyl (C=O) groups excluding carboxylic acids is 1. The monoisotopic (exact) mass is 311 g/mol. The zero-order valence-electron chi connectivity index (χ0n) is 13.2. The quantitative estimate of drug-likeness (QED) is 0.860. The van der Waals surface area contributed by atoms with Gasteiger partial charge in [-0.05, 0) is 37.7 Å². The van der Waals surface area contributed by atoms with Crippen molar-refractivity contribution in [1.29, 1.82) is 0 Å². The molecule has 1 aliphatic carbocycles. The summed E-state index contributed by atoms with van der Waals surface area (Å²) in [6, 6.07) is 1.82. The molecule has 6 nitrogen and oxygen atoms in total. The molecule has 4 heterocycles. The average Bonchev–Trinajstić information content (AvgIpc) is 3.11. The Labute approximate surface area is 135 Å². The van der Waals surface area contributed by atoms with Crippen molar-refractivity contribution in [3.05, 3.63) is 30.2 Å². The Bertz CT molecular complexity index is 767. The van der Waals surface area contributed by atoms with Crippen molar-refractivity contribution in [2.45, 2.75) is 31.2 Å². The summed E-state index contributed by atoms with van der Waals surface area (Å²) in [5.74, 6) is 0.995. The van der Waals surface area contributed by atoms with Crippen molar-refractivity contribution in [3.63, 3.8) is 0 Å². The van der Waals surface area contributed by atoms with E-state index in [4.69, 9.17) is 0 Å². The predicted molar refractivity (Wildman–Crippen MR) is 85.2 cm³/mol. The van der Waals surface area contributed by atoms with Crippen LogP contribution in [-0.4, -0.2) is 62.0 Å². The summed E-state index contributed by atoms with van der Waals surface area (Å²) in [4.78, 5) is 21.9. The first-order valence-electron chi connectivity index (χ1n) is 8.58. The molecule has 3 fully saturated rings. The summed E-state index contributed by atoms with van der Waals surface area (Å²) in [7, 11) is 0. The van der Waals surface area contributed by atoms with E-state index < -0.39 is 0 Å². The molecule has 0 N–H and O–H groups in total. The van der Waals surface area contributed by atoms with Crippen LogP contribution in [0.4, 0.5) is 0 Å². The first kappa shape index (κ1) is 13.5. The molecule has 5 rings (SSSR count). The average molecular weight is 311 g/mol. The molecule has 6 heteroatoms. The van der Waals surface area contributed by atoms with Crippen molar-refractivity contribution in [3.8, 4) is 0 Å². The Balaban J connectivity index is 1.35. The smallest absolute Gasteiger partial charge is 0.259 e. The van der Waals surface area contributed by atoms with E-state index >= 15 is 0 Å². The summed E-state index contributed by atoms with van der Waals surface area (Å²) in [5, 5.41) is 4.24. The Morgan fingerprint density at radius 1 is 1.30 bits per heavy atom. The fraction of sp³-hybridized carbons (Fsp3) is 0.588. The van der Waals surface area contributed by atoms with Crippen molar-refractivity contribution < 1.29 is 4.79 Å². The Morgan fingerprint density at radius 2 is 2.17 bits per heavy atom. The second-order valence-electron chi connectivity index (χ2n) is 7.29. The molecule has 0 radical (unpaired) electrons. The van der Waals surface area contributed by atoms with E-state index in [1.54, 1.807) is 16.9 Å². The number of nitrogens with zero attached hydrogens (tertiary/aromatic N) is 5. The number of hydrogen-bond acceptors (Lipinski definition) is 4. The molecular weight excluding hydrogens is 290 g/mol. The molecule has 1 unspecified atom stereocenters. The minimum atomic E-state index is 0.0776. The third kappa shape index (κ3) is 2.08. The van der Waals surface area contributed by atoms with Crippen LogP contribution in [0.25, 0.3) is 5.65 Å². The van der Waals surface area contributed by atoms with E-state index in [1.807, 2.05) is 17.2 Å². The van der Waals surface area contributed by atoms with Crippen LogP contribution >= 0.6 is 0 Å². The lowest BCUT2D eigenvalue weighted by Gasteiger charge is -2.51. The number of rotatable bonds is 3. The van der Waals surface area contributed by atoms with Gasteiger partial charge < -0.3 is 4.90 Å². The van der Waals surface area contributed by atoms with Gasteiger partial charge in [-0.1, -0.05) is 0 Å². The third-order valence-electron chi connectivity index (χ3n) is 5.82. The molecular formula is C17H21N5O. The summed E-state index contributed by atoms with van der Waals surface area (Å²) in [6.07, 6.45) is 10.3. The van der Waals surface area contributed by atoms with E-state index in [0.717, 1.165) is 25.4 Å². The zero-order chi connectivity index (χ0) is 15.4. The van der Waals surface area contributed by atoms with Crippen LogP contribution in [0.2, 0.25) is 0 Å². The predicted octanol–water partition coefficient (Wildman–Crippen LogP) is 1.43. The number of fused-ring (bicyclic) bond motifs is 1. The SMILES string of the molecule is O=C(c1cnn2cccnc12)N1CCC2(CCN2CC2CC2)C1. The summed E-state index contributed by atoms with van der Waals surface area (Å²) in [6.45, 7) is 4.16. The molecule has 2 saturated heterocycles. The first-order chi connectivity index (χ1) is 11.3. The van der Waals surface area contributed by atoms with Gasteiger partial charge in [0.1, 0.15) is 5.56 Å². The van der Waals surface area contributed by atoms with Gasteiger partial charge in [0, 0.05) is 44.1 Å². The molecule has 120 valence electrons. The highest BCUT2D eigenvalue weighted by molar-refractivity contribution is 5.99. The summed E-state index contributed by atoms with van der Waals surface area (Å²) < 4.78 is 1.67. The molecule has 1 amide bonds. The molecule has 0 aromatic carbocycles. The van der Waals surface area contributed by atoms with E-state index in [-0.39, 0.29) is 11.4 Å². The van der Waals surface area contributed by atoms with Gasteiger partial charge >= 0.3 is 0 Å². The molecule has 2 aliphatic heterocycles. The molecule has 1 saturated carbocycles. The van der Waals surface area contributed by atoms with Crippen LogP contribution < -0.4 is 0 Å². The van der Waals surface area contributed by atoms with Gasteiger partial charge in [-0.15, -0.1) is 0 Å². The van der Waals surface area contributed by atoms with Crippen LogP contribution in [0.1, 0.15) is 36.0 Å². The highest BCUT2D eigenvalue weighted by Gasteiger charge is 2.51. The van der Waals surface area contributed by atoms with Crippen LogP contribution in [0.5, 0.6) is 0 Å². The number of carbonyl (C=O) groups is 1. The zero-order valence-corrected chi connectivity index (χ0v) is 13.2. The van der Waals surface area contributed by atoms with E-state index in [1.165, 1.54) is 32.4 Å². The standard InChI is InChI=1S/C17H21N5O/c23-16(14-10-19-22-7-1-6-18-15(14)22)20-8-4-17(12-20)5-9-21(17)11-13-2-3-13/h1,6-7,10,13H,2-5,8-9,11-12H2. The molecule has 1 atom stereocenters. The maximum atomic E-state index is 12.9. The van der Waals surface area contributed by atoms with Crippen molar-refractivity contribution in [2.75, 3.05) is 26.2 Å². The maximum absolute atomic E-state index is 12.9. The van der Waals surface area contributed by atoms with Crippen LogP contribution in [-0.2, 0) is 0 Å². The van der Waals surface area contributed by atoms with Gasteiger partial charge in [0.15, 0.2) is 5.65 Å². The highest BCUT2D eigenvalue weighted by Crippen LogP contribution is 2.42. The third-order valence-corrected chi connectivity index (χ3v) is 5.82. The van der Waals surface area contributed by atoms with Crippen LogP contribution in [0, 0.1) is 5.92 Å². The van der Waals surface area contributed by atoms with E-state index in [9.17, 15) is 4.79 Å². The second kappa shape index (κ2) is 4.77. The van der Waals surface area contributed by atoms with Crippen molar-refractivity contribution in [2.24, 2.45) is 5.92 Å². The van der Waals surface area contributed by atoms with Crippen LogP contribution in [0.15, 0.2) is 24.7 Å². The van der Waals surface area contributed by atoms with Gasteiger partial charge in [-0.25, -0.2) is 9.50 Å². The van der Waals surface area contributed by atoms with Gasteiger partial charge in [0.2, 0.25) is 0 Å². The molecule has 3 aliphatic rings. The number of amides is 1. The summed E-state index contributed by atoms with van der Waals surface area (Å²) >= 11 is 0. The van der Waals surface area contributed by atoms with E-state index in [2.05, 4.69) is 15.0 Å². The minimum absolute atomic E-state index is 0.0776. The minimum Gasteiger partial charge on any atom is -0.337 e. The lowest BCUT2D eigenvalue weighted by Crippen LogP contribution is -2.61. The van der Waals surface area contributed by atoms with Gasteiger partial charge in [0.25, 0.3) is 5.91 Å². The topological polar surface area (TPSA) is 53.7 Å². The first-order valence-corrected chi connectivity index (χ1v) is 8.58. The fourth-order valence-corrected chi connectivity index (χ4v) is 4.12. The molecule has 23 heavy (non-hydrogen) atoms. The normalized spacial score (nSPS) is 27.7. The molecule has 2 aromatic rings. The van der Waals surface area contributed by atoms with Gasteiger partial charge in [-0.2, -0.15) is 5.10 Å². The number of hydrogen-bond donors (Lipinski definition) is 0. The molecule has 2 aromatic heterocycles. The second-order valence-corrected chi connectivity index (χ2v) is 7.29. The van der Waals surface area contributed by atoms with Crippen LogP contribution in [0.3, 0.4) is 0 Å². The van der Waals surface area contributed by atoms with Gasteiger partial charge in [-0.3, -0.25) is 9.69 Å². The Hall–Kier alpha value is -1.95. The van der Waals surface area contributed by atoms with E-state index in [0.29, 0.717) is 11.2 Å². The lowest BCUT2D eigenvalue weighted by molar-refractivity contribution is -0.00930. The summed E-state index contributed by atoms with van der Waals surface area (Å²) in [5.41, 5.74) is 1.53. The fourth-order valence-electron chi connectivity index (χ4n) is 4.12. The maximum Gasteiger partial charge on any atom is 0.259 e. The Morgan fingerprint density at radius 3 is 2.96 bits per heavy atom. The molecule has 1 spiro atoms. The highest BCUT2D eigenvalue weighted by atomic mass is 16.2. The molecule has 0 bridgehead atoms. The number of likely N-dealkylation sites (tertiary alicyclic amines) is 2. The van der Waals surface area contributed by atoms with Gasteiger partial charge in [0.05, 0.1) is 6.20 Å². The lowest BCUT2D eigenvalue weighted by atomic mass is 9.83. The van der Waals surface area contributed by atoms with Crippen molar-refractivity contribution in [1.82, 2.24) is 24.4 Å². The largest absolute Gasteiger partial charge is 0.337 e. The van der Waals surface area contributed by atoms with Crippen molar-refractivity contribution >= 4 is 11.6 Å². The number of aromatic nitrogens is 3.